The first-order valence-electron chi connectivity index (χ1n) is 7.26. The lowest BCUT2D eigenvalue weighted by Gasteiger charge is -2.35. The molecule has 1 heterocycles. The number of aromatic nitrogens is 1. The van der Waals surface area contributed by atoms with E-state index in [0.29, 0.717) is 0 Å². The normalized spacial score (nSPS) is 17.0. The van der Waals surface area contributed by atoms with Gasteiger partial charge in [-0.25, -0.2) is 18.6 Å². The van der Waals surface area contributed by atoms with Crippen molar-refractivity contribution in [1.82, 2.24) is 9.71 Å². The van der Waals surface area contributed by atoms with E-state index in [4.69, 9.17) is 4.74 Å². The molecular formula is C15H21BrF2N2O3S. The van der Waals surface area contributed by atoms with E-state index in [1.165, 1.54) is 19.9 Å². The van der Waals surface area contributed by atoms with Crippen molar-refractivity contribution in [3.63, 3.8) is 0 Å². The molecule has 136 valence electrons. The van der Waals surface area contributed by atoms with Gasteiger partial charge in [0.1, 0.15) is 26.4 Å². The lowest BCUT2D eigenvalue weighted by atomic mass is 9.92. The van der Waals surface area contributed by atoms with E-state index in [9.17, 15) is 18.1 Å². The molecule has 0 aliphatic heterocycles. The fourth-order valence-electron chi connectivity index (χ4n) is 1.80. The number of nitrogens with zero attached hydrogens (tertiary/aromatic N) is 1. The second-order valence-electron chi connectivity index (χ2n) is 6.26. The van der Waals surface area contributed by atoms with Gasteiger partial charge in [0.05, 0.1) is 6.61 Å². The third-order valence-electron chi connectivity index (χ3n) is 3.17. The fourth-order valence-corrected chi connectivity index (χ4v) is 3.00. The molecule has 0 radical (unpaired) electrons. The predicted molar refractivity (Wildman–Crippen MR) is 91.8 cm³/mol. The lowest BCUT2D eigenvalue weighted by Crippen LogP contribution is -2.57. The molecule has 0 saturated heterocycles. The molecule has 3 atom stereocenters. The molecule has 1 rings (SSSR count). The zero-order chi connectivity index (χ0) is 18.7. The summed E-state index contributed by atoms with van der Waals surface area (Å²) in [5.41, 5.74) is -2.34. The van der Waals surface area contributed by atoms with E-state index < -0.39 is 39.6 Å². The average molecular weight is 427 g/mol. The quantitative estimate of drug-likeness (QED) is 0.429. The minimum atomic E-state index is -2.31. The summed E-state index contributed by atoms with van der Waals surface area (Å²) in [7, 11) is 0. The molecule has 0 aliphatic rings. The van der Waals surface area contributed by atoms with Crippen molar-refractivity contribution < 1.29 is 22.9 Å². The Morgan fingerprint density at radius 3 is 2.54 bits per heavy atom. The molecule has 0 spiro atoms. The number of halogens is 3. The highest BCUT2D eigenvalue weighted by Crippen LogP contribution is 2.32. The summed E-state index contributed by atoms with van der Waals surface area (Å²) in [6, 6.07) is 2.43. The van der Waals surface area contributed by atoms with Gasteiger partial charge >= 0.3 is 5.97 Å². The standard InChI is InChI=1S/C15H21BrF2N2O3S/c1-6-23-13(21)11(18)15(5,20-24(22)14(2,3)4)12-9(17)7-8-10(16)19-12/h7-8,11,20H,6H2,1-5H3/t11-,15-,24?/m0/s1. The van der Waals surface area contributed by atoms with E-state index in [1.807, 2.05) is 0 Å². The number of carbonyl (C=O) groups excluding carboxylic acids is 1. The minimum absolute atomic E-state index is 0.0356. The highest BCUT2D eigenvalue weighted by atomic mass is 79.9. The van der Waals surface area contributed by atoms with Crippen molar-refractivity contribution in [3.8, 4) is 0 Å². The van der Waals surface area contributed by atoms with Crippen molar-refractivity contribution in [2.45, 2.75) is 51.1 Å². The number of carbonyl (C=O) groups is 1. The van der Waals surface area contributed by atoms with Crippen LogP contribution in [0.25, 0.3) is 0 Å². The molecule has 1 N–H and O–H groups in total. The fraction of sp³-hybridized carbons (Fsp3) is 0.600. The maximum atomic E-state index is 14.9. The Morgan fingerprint density at radius 1 is 1.46 bits per heavy atom. The van der Waals surface area contributed by atoms with Crippen molar-refractivity contribution >= 4 is 33.3 Å². The first-order chi connectivity index (χ1) is 10.9. The average Bonchev–Trinajstić information content (AvgIpc) is 2.47. The highest BCUT2D eigenvalue weighted by Gasteiger charge is 2.50. The van der Waals surface area contributed by atoms with Crippen LogP contribution in [0, 0.1) is 5.82 Å². The van der Waals surface area contributed by atoms with E-state index in [2.05, 4.69) is 25.6 Å². The first-order valence-corrected chi connectivity index (χ1v) is 9.20. The lowest BCUT2D eigenvalue weighted by molar-refractivity contribution is -0.152. The number of hydrogen-bond donors (Lipinski definition) is 1. The maximum Gasteiger partial charge on any atom is 0.343 e. The SMILES string of the molecule is CCOC(=O)[C@H](F)[C@](C)(N[S+]([O-])C(C)(C)C)c1nc(Br)ccc1F. The van der Waals surface area contributed by atoms with Crippen LogP contribution in [0.2, 0.25) is 0 Å². The van der Waals surface area contributed by atoms with Gasteiger partial charge < -0.3 is 9.29 Å². The van der Waals surface area contributed by atoms with Crippen LogP contribution in [0.4, 0.5) is 8.78 Å². The van der Waals surface area contributed by atoms with Gasteiger partial charge in [0.15, 0.2) is 0 Å². The number of ether oxygens (including phenoxy) is 1. The van der Waals surface area contributed by atoms with Gasteiger partial charge in [-0.15, -0.1) is 4.72 Å². The van der Waals surface area contributed by atoms with E-state index in [1.54, 1.807) is 20.8 Å². The monoisotopic (exact) mass is 426 g/mol. The molecule has 9 heteroatoms. The Bertz CT molecular complexity index is 601. The Hall–Kier alpha value is -0.770. The van der Waals surface area contributed by atoms with Gasteiger partial charge in [-0.3, -0.25) is 0 Å². The number of alkyl halides is 1. The minimum Gasteiger partial charge on any atom is -0.598 e. The molecule has 0 aromatic carbocycles. The molecule has 0 saturated carbocycles. The van der Waals surface area contributed by atoms with Crippen molar-refractivity contribution in [2.24, 2.45) is 0 Å². The summed E-state index contributed by atoms with van der Waals surface area (Å²) in [5, 5.41) is 0. The number of hydrogen-bond acceptors (Lipinski definition) is 5. The number of rotatable bonds is 6. The summed E-state index contributed by atoms with van der Waals surface area (Å²) in [6.07, 6.45) is -2.31. The van der Waals surface area contributed by atoms with Crippen LogP contribution in [-0.4, -0.2) is 33.0 Å². The van der Waals surface area contributed by atoms with Crippen LogP contribution in [0.1, 0.15) is 40.3 Å². The van der Waals surface area contributed by atoms with Crippen molar-refractivity contribution in [3.05, 3.63) is 28.2 Å². The Labute approximate surface area is 152 Å². The molecular weight excluding hydrogens is 406 g/mol. The third-order valence-corrected chi connectivity index (χ3v) is 5.33. The molecule has 0 aliphatic carbocycles. The third kappa shape index (κ3) is 4.87. The van der Waals surface area contributed by atoms with Gasteiger partial charge in [-0.1, -0.05) is 0 Å². The number of pyridine rings is 1. The highest BCUT2D eigenvalue weighted by molar-refractivity contribution is 9.10. The molecule has 5 nitrogen and oxygen atoms in total. The van der Waals surface area contributed by atoms with Crippen LogP contribution < -0.4 is 4.72 Å². The first kappa shape index (κ1) is 21.3. The van der Waals surface area contributed by atoms with Crippen LogP contribution in [0.3, 0.4) is 0 Å². The summed E-state index contributed by atoms with van der Waals surface area (Å²) in [6.45, 7) is 7.72. The molecule has 24 heavy (non-hydrogen) atoms. The van der Waals surface area contributed by atoms with Crippen LogP contribution >= 0.6 is 15.9 Å². The molecule has 1 aromatic rings. The second-order valence-corrected chi connectivity index (χ2v) is 9.04. The van der Waals surface area contributed by atoms with Crippen LogP contribution in [-0.2, 0) is 26.4 Å². The largest absolute Gasteiger partial charge is 0.598 e. The molecule has 0 bridgehead atoms. The summed E-state index contributed by atoms with van der Waals surface area (Å²) in [4.78, 5) is 15.8. The maximum absolute atomic E-state index is 14.9. The predicted octanol–water partition coefficient (Wildman–Crippen LogP) is 3.15. The number of esters is 1. The van der Waals surface area contributed by atoms with Gasteiger partial charge in [0, 0.05) is 11.4 Å². The van der Waals surface area contributed by atoms with E-state index in [0.717, 1.165) is 6.07 Å². The zero-order valence-electron chi connectivity index (χ0n) is 14.2. The van der Waals surface area contributed by atoms with Gasteiger partial charge in [-0.05, 0) is 62.7 Å². The second kappa shape index (κ2) is 8.07. The summed E-state index contributed by atoms with van der Waals surface area (Å²) < 4.78 is 48.3. The van der Waals surface area contributed by atoms with Gasteiger partial charge in [0.25, 0.3) is 0 Å². The zero-order valence-corrected chi connectivity index (χ0v) is 16.6. The Kier molecular flexibility index (Phi) is 7.16. The molecule has 0 fully saturated rings. The molecule has 1 aromatic heterocycles. The molecule has 1 unspecified atom stereocenters. The van der Waals surface area contributed by atoms with Gasteiger partial charge in [0.2, 0.25) is 6.17 Å². The van der Waals surface area contributed by atoms with E-state index in [-0.39, 0.29) is 16.9 Å². The van der Waals surface area contributed by atoms with E-state index >= 15 is 0 Å². The summed E-state index contributed by atoms with van der Waals surface area (Å²) in [5.74, 6) is -2.01. The Balaban J connectivity index is 3.40. The van der Waals surface area contributed by atoms with Gasteiger partial charge in [-0.2, -0.15) is 0 Å². The topological polar surface area (TPSA) is 74.3 Å². The Morgan fingerprint density at radius 2 is 2.04 bits per heavy atom. The van der Waals surface area contributed by atoms with Crippen LogP contribution in [0.15, 0.2) is 16.7 Å². The number of nitrogens with one attached hydrogen (secondary N) is 1. The van der Waals surface area contributed by atoms with Crippen LogP contribution in [0.5, 0.6) is 0 Å². The summed E-state index contributed by atoms with van der Waals surface area (Å²) >= 11 is 1.31. The van der Waals surface area contributed by atoms with Crippen molar-refractivity contribution in [1.29, 1.82) is 0 Å². The smallest absolute Gasteiger partial charge is 0.343 e. The molecule has 0 amide bonds. The van der Waals surface area contributed by atoms with Crippen molar-refractivity contribution in [2.75, 3.05) is 6.61 Å².